The van der Waals surface area contributed by atoms with Crippen molar-refractivity contribution >= 4 is 5.97 Å². The van der Waals surface area contributed by atoms with E-state index in [1.807, 2.05) is 6.92 Å². The van der Waals surface area contributed by atoms with Gasteiger partial charge in [0.1, 0.15) is 18.4 Å². The number of H-pyrrole nitrogens is 1. The number of benzene rings is 1. The van der Waals surface area contributed by atoms with Gasteiger partial charge < -0.3 is 14.6 Å². The minimum Gasteiger partial charge on any atom is -0.456 e. The second-order valence-electron chi connectivity index (χ2n) is 6.34. The lowest BCUT2D eigenvalue weighted by Gasteiger charge is -2.16. The summed E-state index contributed by atoms with van der Waals surface area (Å²) in [6.45, 7) is 3.12. The number of carbonyl (C=O) groups excluding carboxylic acids is 1. The fraction of sp³-hybridized carbons (Fsp3) is 0.389. The maximum atomic E-state index is 12.3. The van der Waals surface area contributed by atoms with Crippen molar-refractivity contribution < 1.29 is 19.4 Å². The van der Waals surface area contributed by atoms with E-state index in [0.717, 1.165) is 5.56 Å². The van der Waals surface area contributed by atoms with Crippen LogP contribution in [-0.2, 0) is 9.47 Å². The number of hydrogen-bond donors (Lipinski definition) is 2. The number of aliphatic hydroxyl groups excluding tert-OH is 1. The number of aromatic amines is 1. The summed E-state index contributed by atoms with van der Waals surface area (Å²) in [6.07, 6.45) is -0.629. The molecule has 1 aromatic carbocycles. The zero-order valence-corrected chi connectivity index (χ0v) is 14.5. The molecule has 0 radical (unpaired) electrons. The Morgan fingerprint density at radius 3 is 2.65 bits per heavy atom. The minimum atomic E-state index is -0.756. The van der Waals surface area contributed by atoms with Crippen LogP contribution in [0.3, 0.4) is 0 Å². The summed E-state index contributed by atoms with van der Waals surface area (Å²) in [5.41, 5.74) is 0.687. The third-order valence-corrected chi connectivity index (χ3v) is 4.36. The third kappa shape index (κ3) is 3.61. The van der Waals surface area contributed by atoms with Crippen molar-refractivity contribution in [2.75, 3.05) is 6.61 Å². The molecule has 3 atom stereocenters. The Bertz CT molecular complexity index is 915. The molecule has 2 N–H and O–H groups in total. The van der Waals surface area contributed by atoms with Crippen LogP contribution in [0.1, 0.15) is 34.1 Å². The molecular weight excluding hydrogens is 340 g/mol. The monoisotopic (exact) mass is 360 g/mol. The molecule has 0 unspecified atom stereocenters. The van der Waals surface area contributed by atoms with Crippen molar-refractivity contribution in [2.45, 2.75) is 38.7 Å². The van der Waals surface area contributed by atoms with Crippen LogP contribution in [0.25, 0.3) is 0 Å². The number of esters is 1. The highest BCUT2D eigenvalue weighted by Gasteiger charge is 2.39. The molecule has 3 rings (SSSR count). The highest BCUT2D eigenvalue weighted by atomic mass is 16.6. The number of rotatable bonds is 4. The molecule has 1 aliphatic rings. The molecule has 0 bridgehead atoms. The summed E-state index contributed by atoms with van der Waals surface area (Å²) in [5, 5.41) is 9.53. The molecule has 0 amide bonds. The summed E-state index contributed by atoms with van der Waals surface area (Å²) in [4.78, 5) is 38.0. The van der Waals surface area contributed by atoms with Gasteiger partial charge in [-0.05, 0) is 26.0 Å². The largest absolute Gasteiger partial charge is 0.456 e. The Kier molecular flexibility index (Phi) is 5.06. The van der Waals surface area contributed by atoms with Gasteiger partial charge in [-0.1, -0.05) is 17.7 Å². The number of nitrogens with one attached hydrogen (secondary N) is 1. The van der Waals surface area contributed by atoms with Gasteiger partial charge >= 0.3 is 11.7 Å². The zero-order valence-electron chi connectivity index (χ0n) is 14.5. The van der Waals surface area contributed by atoms with Crippen LogP contribution in [0.5, 0.6) is 0 Å². The highest BCUT2D eigenvalue weighted by Crippen LogP contribution is 2.30. The summed E-state index contributed by atoms with van der Waals surface area (Å²) < 4.78 is 12.4. The van der Waals surface area contributed by atoms with Crippen LogP contribution in [-0.4, -0.2) is 39.4 Å². The average molecular weight is 360 g/mol. The van der Waals surface area contributed by atoms with Gasteiger partial charge in [-0.2, -0.15) is 0 Å². The Hall–Kier alpha value is -2.71. The highest BCUT2D eigenvalue weighted by molar-refractivity contribution is 5.89. The first-order chi connectivity index (χ1) is 12.4. The van der Waals surface area contributed by atoms with Crippen molar-refractivity contribution in [1.29, 1.82) is 0 Å². The van der Waals surface area contributed by atoms with E-state index in [0.29, 0.717) is 11.1 Å². The molecule has 0 aliphatic carbocycles. The first-order valence-electron chi connectivity index (χ1n) is 8.25. The molecular formula is C18H20N2O6. The van der Waals surface area contributed by atoms with Gasteiger partial charge in [0.15, 0.2) is 0 Å². The van der Waals surface area contributed by atoms with Crippen LogP contribution in [0.15, 0.2) is 40.1 Å². The molecule has 8 nitrogen and oxygen atoms in total. The summed E-state index contributed by atoms with van der Waals surface area (Å²) in [6, 6.07) is 6.93. The summed E-state index contributed by atoms with van der Waals surface area (Å²) >= 11 is 0. The van der Waals surface area contributed by atoms with E-state index >= 15 is 0 Å². The van der Waals surface area contributed by atoms with Gasteiger partial charge in [-0.25, -0.2) is 9.59 Å². The van der Waals surface area contributed by atoms with Crippen LogP contribution < -0.4 is 11.2 Å². The molecule has 138 valence electrons. The minimum absolute atomic E-state index is 0.189. The average Bonchev–Trinajstić information content (AvgIpc) is 3.01. The Morgan fingerprint density at radius 2 is 2.00 bits per heavy atom. The van der Waals surface area contributed by atoms with E-state index in [2.05, 4.69) is 4.98 Å². The summed E-state index contributed by atoms with van der Waals surface area (Å²) in [7, 11) is 0. The molecule has 0 saturated carbocycles. The lowest BCUT2D eigenvalue weighted by molar-refractivity contribution is -0.0522. The smallest absolute Gasteiger partial charge is 0.338 e. The molecule has 0 spiro atoms. The van der Waals surface area contributed by atoms with Gasteiger partial charge in [0.05, 0.1) is 12.2 Å². The topological polar surface area (TPSA) is 111 Å². The number of hydrogen-bond acceptors (Lipinski definition) is 6. The van der Waals surface area contributed by atoms with Gasteiger partial charge in [0, 0.05) is 18.2 Å². The van der Waals surface area contributed by atoms with Gasteiger partial charge in [-0.3, -0.25) is 14.3 Å². The second kappa shape index (κ2) is 7.27. The van der Waals surface area contributed by atoms with E-state index < -0.39 is 35.7 Å². The maximum absolute atomic E-state index is 12.3. The number of aromatic nitrogens is 2. The Balaban J connectivity index is 1.78. The molecule has 1 fully saturated rings. The summed E-state index contributed by atoms with van der Waals surface area (Å²) in [5.74, 6) is -0.525. The molecule has 26 heavy (non-hydrogen) atoms. The number of nitrogens with zero attached hydrogens (tertiary/aromatic N) is 1. The molecule has 1 aliphatic heterocycles. The quantitative estimate of drug-likeness (QED) is 0.775. The lowest BCUT2D eigenvalue weighted by Crippen LogP contribution is -2.33. The molecule has 1 aromatic heterocycles. The van der Waals surface area contributed by atoms with Gasteiger partial charge in [0.2, 0.25) is 0 Å². The third-order valence-electron chi connectivity index (χ3n) is 4.36. The molecule has 2 heterocycles. The van der Waals surface area contributed by atoms with Crippen LogP contribution in [0.4, 0.5) is 0 Å². The Labute approximate surface area is 149 Å². The van der Waals surface area contributed by atoms with Gasteiger partial charge in [0.25, 0.3) is 5.56 Å². The molecule has 8 heteroatoms. The first-order valence-corrected chi connectivity index (χ1v) is 8.25. The van der Waals surface area contributed by atoms with Crippen molar-refractivity contribution in [2.24, 2.45) is 0 Å². The van der Waals surface area contributed by atoms with Crippen molar-refractivity contribution in [1.82, 2.24) is 9.55 Å². The maximum Gasteiger partial charge on any atom is 0.338 e. The van der Waals surface area contributed by atoms with E-state index in [9.17, 15) is 19.5 Å². The van der Waals surface area contributed by atoms with E-state index in [1.54, 1.807) is 31.2 Å². The fourth-order valence-electron chi connectivity index (χ4n) is 2.85. The molecule has 1 saturated heterocycles. The van der Waals surface area contributed by atoms with Crippen molar-refractivity contribution in [3.05, 3.63) is 68.0 Å². The fourth-order valence-corrected chi connectivity index (χ4v) is 2.85. The van der Waals surface area contributed by atoms with Crippen LogP contribution in [0.2, 0.25) is 0 Å². The standard InChI is InChI=1S/C18H20N2O6/c1-10-3-5-12(6-4-10)17(23)26-13-7-15(25-14(13)9-21)20-8-11(2)16(22)19-18(20)24/h3-6,8,13-15,21H,7,9H2,1-2H3,(H,19,22,24)/t13-,14+,15-/m1/s1. The van der Waals surface area contributed by atoms with E-state index in [4.69, 9.17) is 9.47 Å². The van der Waals surface area contributed by atoms with E-state index in [1.165, 1.54) is 10.8 Å². The zero-order chi connectivity index (χ0) is 18.8. The predicted molar refractivity (Wildman–Crippen MR) is 92.1 cm³/mol. The SMILES string of the molecule is Cc1ccc(C(=O)O[C@@H]2C[C@H](n3cc(C)c(=O)[nH]c3=O)O[C@H]2CO)cc1. The number of carbonyl (C=O) groups is 1. The normalized spacial score (nSPS) is 22.3. The van der Waals surface area contributed by atoms with E-state index in [-0.39, 0.29) is 13.0 Å². The Morgan fingerprint density at radius 1 is 1.31 bits per heavy atom. The van der Waals surface area contributed by atoms with Gasteiger partial charge in [-0.15, -0.1) is 0 Å². The van der Waals surface area contributed by atoms with Crippen molar-refractivity contribution in [3.63, 3.8) is 0 Å². The van der Waals surface area contributed by atoms with Crippen LogP contribution >= 0.6 is 0 Å². The first kappa shape index (κ1) is 18.1. The van der Waals surface area contributed by atoms with Crippen molar-refractivity contribution in [3.8, 4) is 0 Å². The number of aryl methyl sites for hydroxylation is 2. The molecule has 2 aromatic rings. The predicted octanol–water partition coefficient (Wildman–Crippen LogP) is 0.659. The number of ether oxygens (including phenoxy) is 2. The van der Waals surface area contributed by atoms with Crippen LogP contribution in [0, 0.1) is 13.8 Å². The lowest BCUT2D eigenvalue weighted by atomic mass is 10.1. The number of aliphatic hydroxyl groups is 1. The second-order valence-corrected chi connectivity index (χ2v) is 6.34.